The Morgan fingerprint density at radius 3 is 2.79 bits per heavy atom. The summed E-state index contributed by atoms with van der Waals surface area (Å²) < 4.78 is 0. The number of aromatic nitrogens is 2. The number of imidazole rings is 1. The lowest BCUT2D eigenvalue weighted by Crippen LogP contribution is -2.40. The molecule has 0 aliphatic carbocycles. The quantitative estimate of drug-likeness (QED) is 0.574. The van der Waals surface area contributed by atoms with Gasteiger partial charge in [0.2, 0.25) is 0 Å². The highest BCUT2D eigenvalue weighted by Crippen LogP contribution is 2.12. The van der Waals surface area contributed by atoms with Gasteiger partial charge in [0, 0.05) is 20.1 Å². The molecule has 2 aromatic rings. The van der Waals surface area contributed by atoms with Crippen LogP contribution in [0.1, 0.15) is 5.56 Å². The van der Waals surface area contributed by atoms with Gasteiger partial charge in [0.1, 0.15) is 6.10 Å². The van der Waals surface area contributed by atoms with Gasteiger partial charge in [0.05, 0.1) is 11.0 Å². The predicted molar refractivity (Wildman–Crippen MR) is 70.5 cm³/mol. The van der Waals surface area contributed by atoms with Gasteiger partial charge in [-0.1, -0.05) is 6.07 Å². The van der Waals surface area contributed by atoms with Crippen molar-refractivity contribution in [1.82, 2.24) is 14.9 Å². The number of nitrogens with one attached hydrogen (secondary N) is 2. The highest BCUT2D eigenvalue weighted by molar-refractivity contribution is 5.81. The van der Waals surface area contributed by atoms with E-state index in [0.29, 0.717) is 17.6 Å². The number of aromatic amines is 2. The molecule has 7 heteroatoms. The Morgan fingerprint density at radius 1 is 1.42 bits per heavy atom. The summed E-state index contributed by atoms with van der Waals surface area (Å²) in [6.45, 7) is 0.229. The molecule has 1 heterocycles. The fourth-order valence-corrected chi connectivity index (χ4v) is 1.89. The molecule has 5 N–H and O–H groups in total. The minimum atomic E-state index is -1.18. The largest absolute Gasteiger partial charge is 0.382 e. The maximum atomic E-state index is 11.7. The third kappa shape index (κ3) is 2.83. The van der Waals surface area contributed by atoms with E-state index < -0.39 is 12.0 Å². The molecule has 1 unspecified atom stereocenters. The molecule has 0 fully saturated rings. The third-order valence-corrected chi connectivity index (χ3v) is 2.88. The van der Waals surface area contributed by atoms with Gasteiger partial charge in [0.15, 0.2) is 0 Å². The van der Waals surface area contributed by atoms with Crippen LogP contribution in [-0.4, -0.2) is 45.6 Å². The Morgan fingerprint density at radius 2 is 2.11 bits per heavy atom. The molecule has 102 valence electrons. The van der Waals surface area contributed by atoms with Gasteiger partial charge in [-0.2, -0.15) is 0 Å². The van der Waals surface area contributed by atoms with E-state index in [4.69, 9.17) is 5.73 Å². The summed E-state index contributed by atoms with van der Waals surface area (Å²) in [5, 5.41) is 9.38. The molecule has 0 aliphatic rings. The molecule has 2 rings (SSSR count). The zero-order valence-electron chi connectivity index (χ0n) is 10.5. The number of hydrogen-bond donors (Lipinski definition) is 4. The number of carbonyl (C=O) groups excluding carboxylic acids is 1. The van der Waals surface area contributed by atoms with E-state index in [9.17, 15) is 14.7 Å². The number of fused-ring (bicyclic) bond motifs is 1. The molecule has 1 aromatic carbocycles. The second-order valence-electron chi connectivity index (χ2n) is 4.40. The molecule has 1 aromatic heterocycles. The molecule has 0 saturated carbocycles. The summed E-state index contributed by atoms with van der Waals surface area (Å²) in [6, 6.07) is 5.36. The van der Waals surface area contributed by atoms with E-state index in [-0.39, 0.29) is 12.2 Å². The van der Waals surface area contributed by atoms with E-state index in [1.54, 1.807) is 19.2 Å². The average molecular weight is 264 g/mol. The monoisotopic (exact) mass is 264 g/mol. The Bertz CT molecular complexity index is 646. The number of nitrogens with zero attached hydrogens (tertiary/aromatic N) is 1. The van der Waals surface area contributed by atoms with Crippen molar-refractivity contribution in [3.05, 3.63) is 34.2 Å². The van der Waals surface area contributed by atoms with E-state index in [1.165, 1.54) is 4.90 Å². The maximum absolute atomic E-state index is 11.7. The normalized spacial score (nSPS) is 12.6. The van der Waals surface area contributed by atoms with E-state index in [1.807, 2.05) is 6.07 Å². The number of likely N-dealkylation sites (N-methyl/N-ethyl adjacent to an activating group) is 1. The van der Waals surface area contributed by atoms with Crippen molar-refractivity contribution >= 4 is 16.9 Å². The molecule has 1 atom stereocenters. The molecule has 0 radical (unpaired) electrons. The fourth-order valence-electron chi connectivity index (χ4n) is 1.89. The number of nitrogens with two attached hydrogens (primary N) is 1. The molecule has 1 amide bonds. The third-order valence-electron chi connectivity index (χ3n) is 2.88. The highest BCUT2D eigenvalue weighted by atomic mass is 16.3. The number of hydrogen-bond acceptors (Lipinski definition) is 4. The molecule has 0 bridgehead atoms. The van der Waals surface area contributed by atoms with Crippen LogP contribution in [0.3, 0.4) is 0 Å². The first-order valence-corrected chi connectivity index (χ1v) is 5.85. The summed E-state index contributed by atoms with van der Waals surface area (Å²) in [5.41, 5.74) is 7.22. The molecule has 7 nitrogen and oxygen atoms in total. The first kappa shape index (κ1) is 13.3. The number of amides is 1. The Labute approximate surface area is 109 Å². The van der Waals surface area contributed by atoms with Crippen molar-refractivity contribution in [2.24, 2.45) is 5.73 Å². The van der Waals surface area contributed by atoms with E-state index in [2.05, 4.69) is 9.97 Å². The maximum Gasteiger partial charge on any atom is 0.323 e. The fraction of sp³-hybridized carbons (Fsp3) is 0.333. The Kier molecular flexibility index (Phi) is 3.68. The minimum Gasteiger partial charge on any atom is -0.382 e. The second kappa shape index (κ2) is 5.25. The standard InChI is InChI=1S/C12H16N4O3/c1-16(11(18)10(17)5-13)6-7-2-3-8-9(4-7)15-12(19)14-8/h2-4,10,17H,5-6,13H2,1H3,(H2,14,15,19). The van der Waals surface area contributed by atoms with E-state index >= 15 is 0 Å². The highest BCUT2D eigenvalue weighted by Gasteiger charge is 2.17. The number of rotatable bonds is 4. The SMILES string of the molecule is CN(Cc1ccc2[nH]c(=O)[nH]c2c1)C(=O)C(O)CN. The van der Waals surface area contributed by atoms with Crippen molar-refractivity contribution in [2.75, 3.05) is 13.6 Å². The van der Waals surface area contributed by atoms with Crippen molar-refractivity contribution in [1.29, 1.82) is 0 Å². The number of aliphatic hydroxyl groups excluding tert-OH is 1. The molecule has 19 heavy (non-hydrogen) atoms. The summed E-state index contributed by atoms with van der Waals surface area (Å²) in [5.74, 6) is -0.426. The van der Waals surface area contributed by atoms with Gasteiger partial charge in [-0.05, 0) is 17.7 Å². The van der Waals surface area contributed by atoms with Crippen LogP contribution in [0.15, 0.2) is 23.0 Å². The molecular weight excluding hydrogens is 248 g/mol. The summed E-state index contributed by atoms with van der Waals surface area (Å²) in [4.78, 5) is 29.5. The second-order valence-corrected chi connectivity index (χ2v) is 4.40. The minimum absolute atomic E-state index is 0.104. The molecule has 0 aliphatic heterocycles. The molecular formula is C12H16N4O3. The summed E-state index contributed by atoms with van der Waals surface area (Å²) in [6.07, 6.45) is -1.18. The van der Waals surface area contributed by atoms with Gasteiger partial charge in [-0.15, -0.1) is 0 Å². The number of carbonyl (C=O) groups is 1. The van der Waals surface area contributed by atoms with Crippen LogP contribution in [0, 0.1) is 0 Å². The van der Waals surface area contributed by atoms with Crippen LogP contribution in [0.25, 0.3) is 11.0 Å². The first-order valence-electron chi connectivity index (χ1n) is 5.85. The zero-order chi connectivity index (χ0) is 14.0. The average Bonchev–Trinajstić information content (AvgIpc) is 2.76. The lowest BCUT2D eigenvalue weighted by atomic mass is 10.2. The smallest absolute Gasteiger partial charge is 0.323 e. The van der Waals surface area contributed by atoms with Crippen LogP contribution in [0.4, 0.5) is 0 Å². The van der Waals surface area contributed by atoms with Crippen LogP contribution in [0.5, 0.6) is 0 Å². The van der Waals surface area contributed by atoms with Gasteiger partial charge < -0.3 is 25.7 Å². The Balaban J connectivity index is 2.16. The van der Waals surface area contributed by atoms with E-state index in [0.717, 1.165) is 5.56 Å². The van der Waals surface area contributed by atoms with Crippen LogP contribution in [-0.2, 0) is 11.3 Å². The summed E-state index contributed by atoms with van der Waals surface area (Å²) >= 11 is 0. The zero-order valence-corrected chi connectivity index (χ0v) is 10.5. The van der Waals surface area contributed by atoms with Crippen LogP contribution in [0.2, 0.25) is 0 Å². The van der Waals surface area contributed by atoms with Crippen LogP contribution >= 0.6 is 0 Å². The van der Waals surface area contributed by atoms with Gasteiger partial charge in [0.25, 0.3) is 5.91 Å². The van der Waals surface area contributed by atoms with Crippen molar-refractivity contribution < 1.29 is 9.90 Å². The predicted octanol–water partition coefficient (Wildman–Crippen LogP) is -0.866. The van der Waals surface area contributed by atoms with Gasteiger partial charge in [-0.3, -0.25) is 4.79 Å². The van der Waals surface area contributed by atoms with Gasteiger partial charge in [-0.25, -0.2) is 4.79 Å². The Hall–Kier alpha value is -2.12. The van der Waals surface area contributed by atoms with Gasteiger partial charge >= 0.3 is 5.69 Å². The number of aliphatic hydroxyl groups is 1. The summed E-state index contributed by atoms with van der Waals surface area (Å²) in [7, 11) is 1.59. The topological polar surface area (TPSA) is 115 Å². The van der Waals surface area contributed by atoms with Crippen LogP contribution < -0.4 is 11.4 Å². The lowest BCUT2D eigenvalue weighted by molar-refractivity contribution is -0.138. The number of benzene rings is 1. The lowest BCUT2D eigenvalue weighted by Gasteiger charge is -2.19. The van der Waals surface area contributed by atoms with Crippen molar-refractivity contribution in [2.45, 2.75) is 12.6 Å². The molecule has 0 saturated heterocycles. The van der Waals surface area contributed by atoms with Crippen molar-refractivity contribution in [3.63, 3.8) is 0 Å². The van der Waals surface area contributed by atoms with Crippen molar-refractivity contribution in [3.8, 4) is 0 Å². The first-order chi connectivity index (χ1) is 9.01. The molecule has 0 spiro atoms. The number of H-pyrrole nitrogens is 2.